The Balaban J connectivity index is 2.05. The molecule has 0 unspecified atom stereocenters. The van der Waals surface area contributed by atoms with Crippen molar-refractivity contribution in [3.8, 4) is 5.75 Å². The van der Waals surface area contributed by atoms with Crippen molar-refractivity contribution in [1.29, 1.82) is 0 Å². The van der Waals surface area contributed by atoms with Gasteiger partial charge in [-0.3, -0.25) is 25.0 Å². The maximum absolute atomic E-state index is 11.8. The highest BCUT2D eigenvalue weighted by molar-refractivity contribution is 5.91. The Hall–Kier alpha value is -3.49. The Kier molecular flexibility index (Phi) is 5.05. The van der Waals surface area contributed by atoms with E-state index in [0.29, 0.717) is 5.69 Å². The normalized spacial score (nSPS) is 10.0. The summed E-state index contributed by atoms with van der Waals surface area (Å²) in [4.78, 5) is 31.9. The highest BCUT2D eigenvalue weighted by atomic mass is 16.6. The molecule has 0 saturated carbocycles. The summed E-state index contributed by atoms with van der Waals surface area (Å²) in [5.41, 5.74) is 0.587. The summed E-state index contributed by atoms with van der Waals surface area (Å²) >= 11 is 0. The van der Waals surface area contributed by atoms with E-state index < -0.39 is 33.7 Å². The van der Waals surface area contributed by atoms with Gasteiger partial charge in [-0.25, -0.2) is 0 Å². The number of nitrogens with one attached hydrogen (secondary N) is 1. The van der Waals surface area contributed by atoms with Crippen molar-refractivity contribution < 1.29 is 19.4 Å². The fourth-order valence-corrected chi connectivity index (χ4v) is 1.86. The van der Waals surface area contributed by atoms with Crippen molar-refractivity contribution in [1.82, 2.24) is 0 Å². The lowest BCUT2D eigenvalue weighted by Crippen LogP contribution is -2.20. The van der Waals surface area contributed by atoms with Crippen LogP contribution in [-0.2, 0) is 4.79 Å². The molecule has 2 rings (SSSR count). The summed E-state index contributed by atoms with van der Waals surface area (Å²) in [5, 5.41) is 24.2. The zero-order chi connectivity index (χ0) is 17.7. The summed E-state index contributed by atoms with van der Waals surface area (Å²) in [6, 6.07) is 10.0. The molecule has 24 heavy (non-hydrogen) atoms. The van der Waals surface area contributed by atoms with Gasteiger partial charge in [-0.05, 0) is 25.1 Å². The number of rotatable bonds is 6. The van der Waals surface area contributed by atoms with Crippen LogP contribution in [-0.4, -0.2) is 22.4 Å². The number of hydrogen-bond donors (Lipinski definition) is 1. The minimum absolute atomic E-state index is 0.218. The van der Waals surface area contributed by atoms with Crippen LogP contribution >= 0.6 is 0 Å². The van der Waals surface area contributed by atoms with E-state index in [0.717, 1.165) is 23.8 Å². The Labute approximate surface area is 136 Å². The molecule has 1 amide bonds. The second-order valence-corrected chi connectivity index (χ2v) is 4.87. The number of nitro groups is 2. The third kappa shape index (κ3) is 4.26. The molecule has 124 valence electrons. The fraction of sp³-hybridized carbons (Fsp3) is 0.133. The van der Waals surface area contributed by atoms with Gasteiger partial charge in [0, 0.05) is 11.8 Å². The number of carbonyl (C=O) groups is 1. The van der Waals surface area contributed by atoms with Crippen LogP contribution in [0.3, 0.4) is 0 Å². The molecule has 0 aromatic heterocycles. The standard InChI is InChI=1S/C15H13N3O6/c1-10-2-4-11(5-3-10)16-15(19)9-24-14-7-6-12(17(20)21)8-13(14)18(22)23/h2-8H,9H2,1H3,(H,16,19). The first-order chi connectivity index (χ1) is 11.4. The molecule has 0 spiro atoms. The maximum Gasteiger partial charge on any atom is 0.317 e. The Morgan fingerprint density at radius 1 is 1.08 bits per heavy atom. The molecular formula is C15H13N3O6. The minimum Gasteiger partial charge on any atom is -0.477 e. The lowest BCUT2D eigenvalue weighted by atomic mass is 10.2. The predicted molar refractivity (Wildman–Crippen MR) is 85.1 cm³/mol. The number of hydrogen-bond acceptors (Lipinski definition) is 6. The zero-order valence-corrected chi connectivity index (χ0v) is 12.6. The van der Waals surface area contributed by atoms with Crippen molar-refractivity contribution in [3.63, 3.8) is 0 Å². The molecule has 9 heteroatoms. The van der Waals surface area contributed by atoms with E-state index in [-0.39, 0.29) is 5.75 Å². The van der Waals surface area contributed by atoms with E-state index in [1.807, 2.05) is 19.1 Å². The van der Waals surface area contributed by atoms with E-state index in [9.17, 15) is 25.0 Å². The third-order valence-corrected chi connectivity index (χ3v) is 3.04. The van der Waals surface area contributed by atoms with Crippen LogP contribution in [0.1, 0.15) is 5.56 Å². The first-order valence-electron chi connectivity index (χ1n) is 6.79. The first kappa shape index (κ1) is 16.9. The highest BCUT2D eigenvalue weighted by Crippen LogP contribution is 2.30. The van der Waals surface area contributed by atoms with Gasteiger partial charge in [0.05, 0.1) is 15.9 Å². The second kappa shape index (κ2) is 7.18. The largest absolute Gasteiger partial charge is 0.477 e. The molecule has 0 bridgehead atoms. The highest BCUT2D eigenvalue weighted by Gasteiger charge is 2.21. The zero-order valence-electron chi connectivity index (χ0n) is 12.6. The SMILES string of the molecule is Cc1ccc(NC(=O)COc2ccc([N+](=O)[O-])cc2[N+](=O)[O-])cc1. The number of nitro benzene ring substituents is 2. The van der Waals surface area contributed by atoms with Crippen molar-refractivity contribution >= 4 is 23.0 Å². The Morgan fingerprint density at radius 2 is 1.75 bits per heavy atom. The summed E-state index contributed by atoms with van der Waals surface area (Å²) < 4.78 is 5.11. The van der Waals surface area contributed by atoms with Gasteiger partial charge >= 0.3 is 5.69 Å². The maximum atomic E-state index is 11.8. The molecule has 0 radical (unpaired) electrons. The summed E-state index contributed by atoms with van der Waals surface area (Å²) in [7, 11) is 0. The molecule has 0 fully saturated rings. The number of benzene rings is 2. The summed E-state index contributed by atoms with van der Waals surface area (Å²) in [6.07, 6.45) is 0. The molecular weight excluding hydrogens is 318 g/mol. The first-order valence-corrected chi connectivity index (χ1v) is 6.79. The fourth-order valence-electron chi connectivity index (χ4n) is 1.86. The summed E-state index contributed by atoms with van der Waals surface area (Å²) in [5.74, 6) is -0.726. The van der Waals surface area contributed by atoms with E-state index in [2.05, 4.69) is 5.32 Å². The van der Waals surface area contributed by atoms with Crippen LogP contribution in [0.5, 0.6) is 5.75 Å². The van der Waals surface area contributed by atoms with Crippen LogP contribution in [0.15, 0.2) is 42.5 Å². The predicted octanol–water partition coefficient (Wildman–Crippen LogP) is 2.83. The van der Waals surface area contributed by atoms with Crippen molar-refractivity contribution in [2.75, 3.05) is 11.9 Å². The topological polar surface area (TPSA) is 125 Å². The number of aryl methyl sites for hydroxylation is 1. The molecule has 0 saturated heterocycles. The van der Waals surface area contributed by atoms with Crippen LogP contribution < -0.4 is 10.1 Å². The van der Waals surface area contributed by atoms with E-state index in [1.54, 1.807) is 12.1 Å². The minimum atomic E-state index is -0.805. The van der Waals surface area contributed by atoms with E-state index in [1.165, 1.54) is 0 Å². The molecule has 0 aliphatic heterocycles. The van der Waals surface area contributed by atoms with Gasteiger partial charge in [-0.15, -0.1) is 0 Å². The van der Waals surface area contributed by atoms with Crippen LogP contribution in [0.4, 0.5) is 17.1 Å². The van der Waals surface area contributed by atoms with E-state index in [4.69, 9.17) is 4.74 Å². The van der Waals surface area contributed by atoms with Gasteiger partial charge in [0.15, 0.2) is 12.4 Å². The Bertz CT molecular complexity index is 788. The van der Waals surface area contributed by atoms with Crippen molar-refractivity contribution in [3.05, 3.63) is 68.3 Å². The quantitative estimate of drug-likeness (QED) is 0.641. The van der Waals surface area contributed by atoms with Gasteiger partial charge in [0.25, 0.3) is 11.6 Å². The van der Waals surface area contributed by atoms with Crippen molar-refractivity contribution in [2.24, 2.45) is 0 Å². The van der Waals surface area contributed by atoms with Gasteiger partial charge < -0.3 is 10.1 Å². The van der Waals surface area contributed by atoms with Gasteiger partial charge in [0.2, 0.25) is 0 Å². The molecule has 2 aromatic carbocycles. The molecule has 0 atom stereocenters. The number of amides is 1. The van der Waals surface area contributed by atoms with Gasteiger partial charge in [-0.2, -0.15) is 0 Å². The molecule has 0 aliphatic rings. The average molecular weight is 331 g/mol. The molecule has 9 nitrogen and oxygen atoms in total. The second-order valence-electron chi connectivity index (χ2n) is 4.87. The Morgan fingerprint density at radius 3 is 2.33 bits per heavy atom. The number of nitrogens with zero attached hydrogens (tertiary/aromatic N) is 2. The molecule has 2 aromatic rings. The smallest absolute Gasteiger partial charge is 0.317 e. The average Bonchev–Trinajstić information content (AvgIpc) is 2.54. The van der Waals surface area contributed by atoms with Crippen LogP contribution in [0.2, 0.25) is 0 Å². The number of anilines is 1. The lowest BCUT2D eigenvalue weighted by molar-refractivity contribution is -0.394. The van der Waals surface area contributed by atoms with Gasteiger partial charge in [-0.1, -0.05) is 17.7 Å². The number of non-ortho nitro benzene ring substituents is 1. The van der Waals surface area contributed by atoms with E-state index >= 15 is 0 Å². The lowest BCUT2D eigenvalue weighted by Gasteiger charge is -2.08. The molecule has 0 heterocycles. The summed E-state index contributed by atoms with van der Waals surface area (Å²) in [6.45, 7) is 1.44. The van der Waals surface area contributed by atoms with Gasteiger partial charge in [0.1, 0.15) is 0 Å². The van der Waals surface area contributed by atoms with Crippen molar-refractivity contribution in [2.45, 2.75) is 6.92 Å². The number of ether oxygens (including phenoxy) is 1. The van der Waals surface area contributed by atoms with Crippen LogP contribution in [0, 0.1) is 27.2 Å². The number of carbonyl (C=O) groups excluding carboxylic acids is 1. The van der Waals surface area contributed by atoms with Crippen LogP contribution in [0.25, 0.3) is 0 Å². The molecule has 0 aliphatic carbocycles. The molecule has 1 N–H and O–H groups in total. The third-order valence-electron chi connectivity index (χ3n) is 3.04. The monoisotopic (exact) mass is 331 g/mol.